The van der Waals surface area contributed by atoms with Gasteiger partial charge in [-0.05, 0) is 81.4 Å². The van der Waals surface area contributed by atoms with E-state index in [4.69, 9.17) is 16.6 Å². The number of aliphatic imine (C=N–C) groups is 1. The number of aryl methyl sites for hydroxylation is 4. The van der Waals surface area contributed by atoms with E-state index in [1.54, 1.807) is 17.0 Å². The molecule has 0 saturated carbocycles. The lowest BCUT2D eigenvalue weighted by atomic mass is 10.1. The van der Waals surface area contributed by atoms with E-state index in [-0.39, 0.29) is 5.91 Å². The number of carbonyl (C=O) groups is 1. The van der Waals surface area contributed by atoms with Gasteiger partial charge in [0.1, 0.15) is 0 Å². The second-order valence-electron chi connectivity index (χ2n) is 8.52. The summed E-state index contributed by atoms with van der Waals surface area (Å²) in [7, 11) is 0. The van der Waals surface area contributed by atoms with Crippen molar-refractivity contribution >= 4 is 40.8 Å². The molecule has 10 heteroatoms. The highest BCUT2D eigenvalue weighted by molar-refractivity contribution is 7.80. The van der Waals surface area contributed by atoms with E-state index in [1.807, 2.05) is 43.0 Å². The average molecular weight is 492 g/mol. The number of guanidine groups is 1. The minimum absolute atomic E-state index is 0.120. The van der Waals surface area contributed by atoms with Crippen LogP contribution >= 0.6 is 12.2 Å². The van der Waals surface area contributed by atoms with Gasteiger partial charge in [0.05, 0.1) is 6.26 Å². The lowest BCUT2D eigenvalue weighted by Crippen LogP contribution is -2.52. The van der Waals surface area contributed by atoms with E-state index in [0.29, 0.717) is 49.0 Å². The van der Waals surface area contributed by atoms with Crippen molar-refractivity contribution in [3.05, 3.63) is 70.9 Å². The quantitative estimate of drug-likeness (QED) is 0.323. The second kappa shape index (κ2) is 10.6. The Morgan fingerprint density at radius 3 is 2.26 bits per heavy atom. The number of hydrogen-bond donors (Lipinski definition) is 2. The molecule has 0 bridgehead atoms. The van der Waals surface area contributed by atoms with Crippen molar-refractivity contribution in [1.29, 1.82) is 0 Å². The predicted molar refractivity (Wildman–Crippen MR) is 141 cm³/mol. The summed E-state index contributed by atoms with van der Waals surface area (Å²) in [5.41, 5.74) is 4.95. The molecule has 0 radical (unpaired) electrons. The third kappa shape index (κ3) is 6.21. The number of carbonyl (C=O) groups excluding carboxylic acids is 1. The van der Waals surface area contributed by atoms with E-state index in [0.717, 1.165) is 17.1 Å². The van der Waals surface area contributed by atoms with Gasteiger partial charge >= 0.3 is 0 Å². The predicted octanol–water partition coefficient (Wildman–Crippen LogP) is 3.93. The summed E-state index contributed by atoms with van der Waals surface area (Å²) < 4.78 is 5.27. The van der Waals surface area contributed by atoms with Gasteiger partial charge in [0, 0.05) is 43.3 Å². The first-order valence-corrected chi connectivity index (χ1v) is 11.8. The van der Waals surface area contributed by atoms with Gasteiger partial charge in [-0.15, -0.1) is 0 Å². The Bertz CT molecular complexity index is 1230. The van der Waals surface area contributed by atoms with Crippen molar-refractivity contribution in [2.45, 2.75) is 27.7 Å². The first kappa shape index (κ1) is 24.3. The number of rotatable bonds is 3. The third-order valence-corrected chi connectivity index (χ3v) is 5.96. The number of nitrogens with one attached hydrogen (secondary N) is 2. The van der Waals surface area contributed by atoms with Crippen LogP contribution in [0.1, 0.15) is 33.1 Å². The Morgan fingerprint density at radius 2 is 1.63 bits per heavy atom. The minimum atomic E-state index is -0.120. The van der Waals surface area contributed by atoms with Gasteiger partial charge in [0.15, 0.2) is 5.76 Å². The molecule has 0 aliphatic carbocycles. The molecule has 2 aromatic heterocycles. The normalized spacial score (nSPS) is 14.1. The van der Waals surface area contributed by atoms with Crippen LogP contribution in [0.15, 0.2) is 52.1 Å². The topological polar surface area (TPSA) is 98.9 Å². The zero-order valence-corrected chi connectivity index (χ0v) is 21.1. The van der Waals surface area contributed by atoms with Crippen molar-refractivity contribution in [3.8, 4) is 0 Å². The zero-order chi connectivity index (χ0) is 24.9. The molecular formula is C25H29N7O2S. The molecule has 0 unspecified atom stereocenters. The molecule has 2 N–H and O–H groups in total. The maximum Gasteiger partial charge on any atom is 0.289 e. The number of benzene rings is 1. The largest absolute Gasteiger partial charge is 0.459 e. The van der Waals surface area contributed by atoms with Crippen molar-refractivity contribution in [2.75, 3.05) is 36.8 Å². The first-order valence-electron chi connectivity index (χ1n) is 11.4. The van der Waals surface area contributed by atoms with Gasteiger partial charge in [0.25, 0.3) is 5.91 Å². The SMILES string of the molecule is Cc1cc(C)nc(N/C(=N/C(=S)Nc2ccc(C)c(C)c2)N2CCN(C(=O)c3ccco3)CC2)n1. The lowest BCUT2D eigenvalue weighted by Gasteiger charge is -2.36. The van der Waals surface area contributed by atoms with Gasteiger partial charge < -0.3 is 19.5 Å². The molecule has 3 heterocycles. The number of thiocarbonyl (C=S) groups is 1. The van der Waals surface area contributed by atoms with Gasteiger partial charge in [-0.1, -0.05) is 6.07 Å². The van der Waals surface area contributed by atoms with Crippen LogP contribution in [-0.4, -0.2) is 62.9 Å². The molecule has 1 saturated heterocycles. The molecule has 0 atom stereocenters. The van der Waals surface area contributed by atoms with Crippen molar-refractivity contribution in [3.63, 3.8) is 0 Å². The summed E-state index contributed by atoms with van der Waals surface area (Å²) in [6, 6.07) is 11.4. The smallest absolute Gasteiger partial charge is 0.289 e. The molecule has 9 nitrogen and oxygen atoms in total. The molecule has 1 fully saturated rings. The summed E-state index contributed by atoms with van der Waals surface area (Å²) in [6.45, 7) is 10.1. The van der Waals surface area contributed by atoms with Gasteiger partial charge in [-0.2, -0.15) is 4.99 Å². The average Bonchev–Trinajstić information content (AvgIpc) is 3.35. The van der Waals surface area contributed by atoms with Crippen LogP contribution in [0.3, 0.4) is 0 Å². The fraction of sp³-hybridized carbons (Fsp3) is 0.320. The van der Waals surface area contributed by atoms with E-state index < -0.39 is 0 Å². The molecule has 4 rings (SSSR count). The highest BCUT2D eigenvalue weighted by Crippen LogP contribution is 2.15. The summed E-state index contributed by atoms with van der Waals surface area (Å²) in [5, 5.41) is 6.75. The van der Waals surface area contributed by atoms with Gasteiger partial charge in [-0.25, -0.2) is 9.97 Å². The summed E-state index contributed by atoms with van der Waals surface area (Å²) >= 11 is 5.56. The summed E-state index contributed by atoms with van der Waals surface area (Å²) in [5.74, 6) is 1.20. The molecule has 1 aromatic carbocycles. The Kier molecular flexibility index (Phi) is 7.40. The van der Waals surface area contributed by atoms with Crippen molar-refractivity contribution in [2.24, 2.45) is 4.99 Å². The Morgan fingerprint density at radius 1 is 0.943 bits per heavy atom. The Labute approximate surface area is 210 Å². The second-order valence-corrected chi connectivity index (χ2v) is 8.91. The molecule has 3 aromatic rings. The standard InChI is InChI=1S/C25H29N7O2S/c1-16-7-8-20(14-17(16)2)28-25(35)30-24(29-23-26-18(3)15-19(4)27-23)32-11-9-31(10-12-32)22(33)21-6-5-13-34-21/h5-8,13-15H,9-12H2,1-4H3,(H2,26,27,28,29,30,35). The fourth-order valence-corrected chi connectivity index (χ4v) is 4.01. The number of furan rings is 1. The molecule has 182 valence electrons. The van der Waals surface area contributed by atoms with Crippen molar-refractivity contribution < 1.29 is 9.21 Å². The van der Waals surface area contributed by atoms with Crippen LogP contribution < -0.4 is 10.6 Å². The molecule has 1 aliphatic heterocycles. The van der Waals surface area contributed by atoms with E-state index in [1.165, 1.54) is 17.4 Å². The summed E-state index contributed by atoms with van der Waals surface area (Å²) in [4.78, 5) is 30.1. The number of aromatic nitrogens is 2. The lowest BCUT2D eigenvalue weighted by molar-refractivity contribution is 0.0660. The number of hydrogen-bond acceptors (Lipinski definition) is 5. The summed E-state index contributed by atoms with van der Waals surface area (Å²) in [6.07, 6.45) is 1.51. The molecule has 0 spiro atoms. The van der Waals surface area contributed by atoms with Crippen LogP contribution in [0, 0.1) is 27.7 Å². The van der Waals surface area contributed by atoms with Crippen LogP contribution in [0.4, 0.5) is 11.6 Å². The highest BCUT2D eigenvalue weighted by Gasteiger charge is 2.26. The molecule has 1 aliphatic rings. The van der Waals surface area contributed by atoms with E-state index in [9.17, 15) is 4.79 Å². The van der Waals surface area contributed by atoms with Gasteiger partial charge in [-0.3, -0.25) is 10.1 Å². The monoisotopic (exact) mass is 491 g/mol. The van der Waals surface area contributed by atoms with Crippen LogP contribution in [0.2, 0.25) is 0 Å². The maximum atomic E-state index is 12.7. The van der Waals surface area contributed by atoms with Crippen LogP contribution in [0.25, 0.3) is 0 Å². The number of amides is 1. The van der Waals surface area contributed by atoms with Gasteiger partial charge in [0.2, 0.25) is 17.0 Å². The number of anilines is 2. The Balaban J connectivity index is 1.52. The Hall–Kier alpha value is -3.79. The van der Waals surface area contributed by atoms with Crippen molar-refractivity contribution in [1.82, 2.24) is 19.8 Å². The minimum Gasteiger partial charge on any atom is -0.459 e. The fourth-order valence-electron chi connectivity index (χ4n) is 3.80. The molecule has 35 heavy (non-hydrogen) atoms. The van der Waals surface area contributed by atoms with Crippen LogP contribution in [-0.2, 0) is 0 Å². The van der Waals surface area contributed by atoms with Crippen LogP contribution in [0.5, 0.6) is 0 Å². The number of piperazine rings is 1. The first-order chi connectivity index (χ1) is 16.8. The third-order valence-electron chi connectivity index (χ3n) is 5.77. The number of nitrogens with zero attached hydrogens (tertiary/aromatic N) is 5. The maximum absolute atomic E-state index is 12.7. The molecular weight excluding hydrogens is 462 g/mol. The highest BCUT2D eigenvalue weighted by atomic mass is 32.1. The zero-order valence-electron chi connectivity index (χ0n) is 20.3. The van der Waals surface area contributed by atoms with E-state index >= 15 is 0 Å². The molecule has 1 amide bonds. The van der Waals surface area contributed by atoms with E-state index in [2.05, 4.69) is 39.4 Å².